The van der Waals surface area contributed by atoms with Gasteiger partial charge in [0.2, 0.25) is 0 Å². The highest BCUT2D eigenvalue weighted by Gasteiger charge is 2.37. The topological polar surface area (TPSA) is 120 Å². The number of alkyl carbamates (subject to hydrolysis) is 1. The molecule has 9 nitrogen and oxygen atoms in total. The normalized spacial score (nSPS) is 13.4. The minimum Gasteiger partial charge on any atom is -0.444 e. The summed E-state index contributed by atoms with van der Waals surface area (Å²) >= 11 is 1.47. The fraction of sp³-hybridized carbons (Fsp3) is 0.419. The molecule has 1 aromatic heterocycles. The zero-order chi connectivity index (χ0) is 30.8. The highest BCUT2D eigenvalue weighted by molar-refractivity contribution is 7.48. The molecule has 1 heterocycles. The number of hydrogen-bond donors (Lipinski definition) is 2. The molecule has 1 amide bonds. The number of amides is 1. The number of ether oxygens (including phenoxy) is 1. The number of aliphatic hydroxyl groups excluding tert-OH is 1. The molecule has 1 unspecified atom stereocenters. The summed E-state index contributed by atoms with van der Waals surface area (Å²) in [6.07, 6.45) is 1.12. The molecule has 0 aliphatic carbocycles. The van der Waals surface area contributed by atoms with Gasteiger partial charge in [-0.1, -0.05) is 54.6 Å². The molecular formula is C31H40NO8PS. The van der Waals surface area contributed by atoms with Gasteiger partial charge in [0.15, 0.2) is 5.78 Å². The molecule has 228 valence electrons. The number of phosphoric acid groups is 1. The van der Waals surface area contributed by atoms with Crippen molar-refractivity contribution in [3.63, 3.8) is 0 Å². The molecule has 42 heavy (non-hydrogen) atoms. The average Bonchev–Trinajstić information content (AvgIpc) is 3.48. The summed E-state index contributed by atoms with van der Waals surface area (Å²) in [5.74, 6) is 0.123. The molecular weight excluding hydrogens is 577 g/mol. The third-order valence-electron chi connectivity index (χ3n) is 6.51. The molecule has 0 radical (unpaired) electrons. The first-order chi connectivity index (χ1) is 19.9. The van der Waals surface area contributed by atoms with E-state index in [0.717, 1.165) is 26.4 Å². The van der Waals surface area contributed by atoms with E-state index in [0.29, 0.717) is 19.3 Å². The van der Waals surface area contributed by atoms with Crippen LogP contribution in [0.25, 0.3) is 10.4 Å². The van der Waals surface area contributed by atoms with Gasteiger partial charge in [-0.15, -0.1) is 11.3 Å². The number of phosphoric ester groups is 1. The SMILES string of the molecule is COP(=O)(OC)OCC(CO)(CCc1ccc(-c2ccc(C(=O)CCc3ccccc3)s2)cc1)NC(=O)OC(C)(C)C. The van der Waals surface area contributed by atoms with Crippen LogP contribution in [0, 0.1) is 0 Å². The van der Waals surface area contributed by atoms with Gasteiger partial charge in [0.05, 0.1) is 23.6 Å². The van der Waals surface area contributed by atoms with E-state index in [1.54, 1.807) is 20.8 Å². The van der Waals surface area contributed by atoms with Gasteiger partial charge in [0, 0.05) is 25.5 Å². The van der Waals surface area contributed by atoms with Crippen LogP contribution < -0.4 is 5.32 Å². The molecule has 0 bridgehead atoms. The first-order valence-corrected chi connectivity index (χ1v) is 15.9. The van der Waals surface area contributed by atoms with Gasteiger partial charge >= 0.3 is 13.9 Å². The van der Waals surface area contributed by atoms with E-state index in [1.165, 1.54) is 25.6 Å². The molecule has 1 atom stereocenters. The number of benzene rings is 2. The van der Waals surface area contributed by atoms with Crippen molar-refractivity contribution in [2.75, 3.05) is 27.4 Å². The number of hydrogen-bond acceptors (Lipinski definition) is 9. The maximum atomic E-state index is 12.7. The molecule has 0 fully saturated rings. The molecule has 3 rings (SSSR count). The molecule has 0 saturated carbocycles. The first-order valence-electron chi connectivity index (χ1n) is 13.6. The van der Waals surface area contributed by atoms with Gasteiger partial charge in [-0.05, 0) is 68.9 Å². The van der Waals surface area contributed by atoms with Crippen molar-refractivity contribution in [1.29, 1.82) is 0 Å². The van der Waals surface area contributed by atoms with Crippen LogP contribution in [0.1, 0.15) is 54.4 Å². The summed E-state index contributed by atoms with van der Waals surface area (Å²) in [4.78, 5) is 27.1. The highest BCUT2D eigenvalue weighted by Crippen LogP contribution is 2.48. The van der Waals surface area contributed by atoms with E-state index < -0.39 is 31.7 Å². The number of nitrogens with one attached hydrogen (secondary N) is 1. The van der Waals surface area contributed by atoms with E-state index >= 15 is 0 Å². The molecule has 0 spiro atoms. The first kappa shape index (κ1) is 33.6. The Balaban J connectivity index is 1.67. The Morgan fingerprint density at radius 1 is 0.905 bits per heavy atom. The smallest absolute Gasteiger partial charge is 0.444 e. The number of carbonyl (C=O) groups is 2. The monoisotopic (exact) mass is 617 g/mol. The van der Waals surface area contributed by atoms with E-state index in [-0.39, 0.29) is 18.8 Å². The van der Waals surface area contributed by atoms with Crippen LogP contribution in [-0.2, 0) is 35.7 Å². The Morgan fingerprint density at radius 2 is 1.55 bits per heavy atom. The number of aryl methyl sites for hydroxylation is 2. The number of Topliss-reactive ketones (excluding diaryl/α,β-unsaturated/α-hetero) is 1. The van der Waals surface area contributed by atoms with Crippen molar-refractivity contribution >= 4 is 31.0 Å². The summed E-state index contributed by atoms with van der Waals surface area (Å²) in [6, 6.07) is 21.7. The average molecular weight is 618 g/mol. The second-order valence-electron chi connectivity index (χ2n) is 10.9. The van der Waals surface area contributed by atoms with Crippen molar-refractivity contribution in [2.24, 2.45) is 0 Å². The quantitative estimate of drug-likeness (QED) is 0.141. The fourth-order valence-electron chi connectivity index (χ4n) is 4.13. The van der Waals surface area contributed by atoms with Crippen LogP contribution in [0.2, 0.25) is 0 Å². The largest absolute Gasteiger partial charge is 0.474 e. The summed E-state index contributed by atoms with van der Waals surface area (Å²) in [5, 5.41) is 13.0. The van der Waals surface area contributed by atoms with E-state index in [1.807, 2.05) is 66.7 Å². The summed E-state index contributed by atoms with van der Waals surface area (Å²) in [6.45, 7) is 4.34. The number of thiophene rings is 1. The number of carbonyl (C=O) groups excluding carboxylic acids is 2. The Kier molecular flexibility index (Phi) is 12.1. The molecule has 3 aromatic rings. The Labute approximate surface area is 251 Å². The van der Waals surface area contributed by atoms with E-state index in [9.17, 15) is 19.3 Å². The predicted molar refractivity (Wildman–Crippen MR) is 164 cm³/mol. The lowest BCUT2D eigenvalue weighted by atomic mass is 9.92. The van der Waals surface area contributed by atoms with Crippen molar-refractivity contribution in [3.05, 3.63) is 82.7 Å². The van der Waals surface area contributed by atoms with E-state index in [4.69, 9.17) is 18.3 Å². The lowest BCUT2D eigenvalue weighted by Crippen LogP contribution is -2.56. The van der Waals surface area contributed by atoms with Crippen LogP contribution >= 0.6 is 19.2 Å². The fourth-order valence-corrected chi connectivity index (χ4v) is 5.87. The molecule has 0 saturated heterocycles. The molecule has 2 aromatic carbocycles. The zero-order valence-corrected chi connectivity index (χ0v) is 26.5. The van der Waals surface area contributed by atoms with Crippen LogP contribution in [-0.4, -0.2) is 55.6 Å². The molecule has 0 aliphatic rings. The van der Waals surface area contributed by atoms with Gasteiger partial charge in [-0.3, -0.25) is 18.4 Å². The summed E-state index contributed by atoms with van der Waals surface area (Å²) in [5.41, 5.74) is 0.985. The number of aliphatic hydroxyl groups is 1. The van der Waals surface area contributed by atoms with Gasteiger partial charge in [0.25, 0.3) is 0 Å². The Morgan fingerprint density at radius 3 is 2.14 bits per heavy atom. The van der Waals surface area contributed by atoms with Crippen LogP contribution in [0.4, 0.5) is 4.79 Å². The van der Waals surface area contributed by atoms with Crippen LogP contribution in [0.5, 0.6) is 0 Å². The van der Waals surface area contributed by atoms with Crippen molar-refractivity contribution in [2.45, 2.75) is 57.6 Å². The van der Waals surface area contributed by atoms with Crippen molar-refractivity contribution < 1.29 is 37.6 Å². The third-order valence-corrected chi connectivity index (χ3v) is 9.03. The van der Waals surface area contributed by atoms with Gasteiger partial charge in [0.1, 0.15) is 5.60 Å². The van der Waals surface area contributed by atoms with Crippen LogP contribution in [0.3, 0.4) is 0 Å². The molecule has 2 N–H and O–H groups in total. The minimum absolute atomic E-state index is 0.123. The van der Waals surface area contributed by atoms with Gasteiger partial charge in [-0.2, -0.15) is 0 Å². The Hall–Kier alpha value is -2.85. The lowest BCUT2D eigenvalue weighted by Gasteiger charge is -2.34. The van der Waals surface area contributed by atoms with E-state index in [2.05, 4.69) is 5.32 Å². The zero-order valence-electron chi connectivity index (χ0n) is 24.8. The molecule has 11 heteroatoms. The summed E-state index contributed by atoms with van der Waals surface area (Å²) < 4.78 is 33.0. The molecule has 0 aliphatic heterocycles. The number of ketones is 1. The number of rotatable bonds is 15. The maximum absolute atomic E-state index is 12.7. The second kappa shape index (κ2) is 15.0. The van der Waals surface area contributed by atoms with Crippen molar-refractivity contribution in [1.82, 2.24) is 5.32 Å². The van der Waals surface area contributed by atoms with Crippen LogP contribution in [0.15, 0.2) is 66.7 Å². The predicted octanol–water partition coefficient (Wildman–Crippen LogP) is 6.84. The third kappa shape index (κ3) is 10.2. The van der Waals surface area contributed by atoms with Crippen molar-refractivity contribution in [3.8, 4) is 10.4 Å². The minimum atomic E-state index is -3.86. The highest BCUT2D eigenvalue weighted by atomic mass is 32.1. The van der Waals surface area contributed by atoms with Gasteiger partial charge in [-0.25, -0.2) is 9.36 Å². The second-order valence-corrected chi connectivity index (χ2v) is 13.9. The van der Waals surface area contributed by atoms with Gasteiger partial charge < -0.3 is 15.2 Å². The summed E-state index contributed by atoms with van der Waals surface area (Å²) in [7, 11) is -1.49. The lowest BCUT2D eigenvalue weighted by molar-refractivity contribution is 0.0248. The Bertz CT molecular complexity index is 1350. The standard InChI is InChI=1S/C31H40NO8PS/c1-30(2,3)40-29(35)32-31(21-33,22-39-41(36,37-4)38-5)20-19-24-11-14-25(15-12-24)27-17-18-28(42-27)26(34)16-13-23-9-7-6-8-10-23/h6-12,14-15,17-18,33H,13,16,19-22H2,1-5H3,(H,32,35). The maximum Gasteiger partial charge on any atom is 0.474 e.